The van der Waals surface area contributed by atoms with Gasteiger partial charge in [-0.3, -0.25) is 9.59 Å². The van der Waals surface area contributed by atoms with Crippen LogP contribution in [0, 0.1) is 13.8 Å². The fourth-order valence-corrected chi connectivity index (χ4v) is 2.72. The second-order valence-electron chi connectivity index (χ2n) is 4.41. The number of hydrogen-bond donors (Lipinski definition) is 1. The zero-order valence-electron chi connectivity index (χ0n) is 11.6. The van der Waals surface area contributed by atoms with Crippen LogP contribution in [0.1, 0.15) is 17.6 Å². The highest BCUT2D eigenvalue weighted by molar-refractivity contribution is 7.15. The van der Waals surface area contributed by atoms with Gasteiger partial charge in [-0.2, -0.15) is 5.10 Å². The number of nitrogens with one attached hydrogen (secondary N) is 1. The Bertz CT molecular complexity index is 690. The highest BCUT2D eigenvalue weighted by Gasteiger charge is 2.10. The van der Waals surface area contributed by atoms with Gasteiger partial charge < -0.3 is 5.32 Å². The Morgan fingerprint density at radius 2 is 2.15 bits per heavy atom. The van der Waals surface area contributed by atoms with Crippen molar-refractivity contribution in [2.45, 2.75) is 27.3 Å². The molecule has 0 radical (unpaired) electrons. The molecule has 1 N–H and O–H groups in total. The van der Waals surface area contributed by atoms with Gasteiger partial charge in [0.15, 0.2) is 0 Å². The van der Waals surface area contributed by atoms with Gasteiger partial charge in [-0.15, -0.1) is 11.3 Å². The van der Waals surface area contributed by atoms with Crippen LogP contribution in [0.5, 0.6) is 0 Å². The Balaban J connectivity index is 2.26. The van der Waals surface area contributed by atoms with Crippen molar-refractivity contribution in [3.05, 3.63) is 33.2 Å². The predicted molar refractivity (Wildman–Crippen MR) is 77.8 cm³/mol. The van der Waals surface area contributed by atoms with E-state index in [0.717, 1.165) is 21.3 Å². The van der Waals surface area contributed by atoms with Crippen molar-refractivity contribution >= 4 is 17.2 Å². The van der Waals surface area contributed by atoms with Gasteiger partial charge in [-0.05, 0) is 19.9 Å². The Kier molecular flexibility index (Phi) is 4.29. The smallest absolute Gasteiger partial charge is 0.266 e. The van der Waals surface area contributed by atoms with Crippen LogP contribution in [-0.2, 0) is 11.3 Å². The second-order valence-corrected chi connectivity index (χ2v) is 5.61. The molecule has 0 aliphatic carbocycles. The summed E-state index contributed by atoms with van der Waals surface area (Å²) in [4.78, 5) is 27.9. The zero-order chi connectivity index (χ0) is 14.7. The van der Waals surface area contributed by atoms with Crippen LogP contribution < -0.4 is 10.9 Å². The average Bonchev–Trinajstić information content (AvgIpc) is 2.70. The highest BCUT2D eigenvalue weighted by Crippen LogP contribution is 2.27. The van der Waals surface area contributed by atoms with E-state index < -0.39 is 0 Å². The molecular weight excluding hydrogens is 276 g/mol. The molecule has 0 aliphatic rings. The minimum atomic E-state index is -0.182. The van der Waals surface area contributed by atoms with Crippen molar-refractivity contribution in [3.63, 3.8) is 0 Å². The van der Waals surface area contributed by atoms with Crippen LogP contribution in [-0.4, -0.2) is 27.2 Å². The summed E-state index contributed by atoms with van der Waals surface area (Å²) in [5, 5.41) is 7.95. The first-order valence-electron chi connectivity index (χ1n) is 6.24. The van der Waals surface area contributed by atoms with Crippen LogP contribution >= 0.6 is 11.3 Å². The van der Waals surface area contributed by atoms with E-state index in [1.807, 2.05) is 13.8 Å². The van der Waals surface area contributed by atoms with Gasteiger partial charge in [0.25, 0.3) is 5.56 Å². The molecule has 7 heteroatoms. The number of aromatic nitrogens is 3. The third kappa shape index (κ3) is 3.30. The van der Waals surface area contributed by atoms with Gasteiger partial charge >= 0.3 is 0 Å². The number of carbonyl (C=O) groups is 1. The van der Waals surface area contributed by atoms with E-state index in [2.05, 4.69) is 15.4 Å². The standard InChI is InChI=1S/C13H16N4O2S/c1-8-13(20-10(3)15-8)11-4-5-12(19)17(16-11)7-6-14-9(2)18/h4-5H,6-7H2,1-3H3,(H,14,18). The van der Waals surface area contributed by atoms with Crippen molar-refractivity contribution in [2.75, 3.05) is 6.54 Å². The van der Waals surface area contributed by atoms with E-state index in [4.69, 9.17) is 0 Å². The summed E-state index contributed by atoms with van der Waals surface area (Å²) in [6, 6.07) is 3.20. The number of amides is 1. The van der Waals surface area contributed by atoms with Crippen molar-refractivity contribution in [3.8, 4) is 10.6 Å². The molecule has 0 spiro atoms. The lowest BCUT2D eigenvalue weighted by molar-refractivity contribution is -0.118. The molecule has 2 aromatic heterocycles. The summed E-state index contributed by atoms with van der Waals surface area (Å²) < 4.78 is 1.36. The first-order valence-corrected chi connectivity index (χ1v) is 7.06. The molecule has 0 bridgehead atoms. The Labute approximate surface area is 120 Å². The van der Waals surface area contributed by atoms with Crippen LogP contribution in [0.25, 0.3) is 10.6 Å². The largest absolute Gasteiger partial charge is 0.354 e. The zero-order valence-corrected chi connectivity index (χ0v) is 12.5. The predicted octanol–water partition coefficient (Wildman–Crippen LogP) is 1.12. The molecule has 0 saturated carbocycles. The molecule has 0 aromatic carbocycles. The highest BCUT2D eigenvalue weighted by atomic mass is 32.1. The van der Waals surface area contributed by atoms with Gasteiger partial charge in [-0.25, -0.2) is 9.67 Å². The van der Waals surface area contributed by atoms with Gasteiger partial charge in [0.05, 0.1) is 22.1 Å². The molecule has 106 valence electrons. The van der Waals surface area contributed by atoms with Gasteiger partial charge in [0.1, 0.15) is 5.69 Å². The summed E-state index contributed by atoms with van der Waals surface area (Å²) in [5.74, 6) is -0.122. The fourth-order valence-electron chi connectivity index (χ4n) is 1.84. The van der Waals surface area contributed by atoms with E-state index in [1.54, 1.807) is 17.4 Å². The molecule has 0 atom stereocenters. The van der Waals surface area contributed by atoms with Gasteiger partial charge in [-0.1, -0.05) is 0 Å². The quantitative estimate of drug-likeness (QED) is 0.916. The first kappa shape index (κ1) is 14.4. The maximum atomic E-state index is 11.7. The fraction of sp³-hybridized carbons (Fsp3) is 0.385. The number of thiazole rings is 1. The molecule has 1 amide bonds. The third-order valence-corrected chi connectivity index (χ3v) is 3.80. The maximum Gasteiger partial charge on any atom is 0.266 e. The number of rotatable bonds is 4. The van der Waals surface area contributed by atoms with E-state index in [1.165, 1.54) is 17.7 Å². The molecule has 2 heterocycles. The normalized spacial score (nSPS) is 10.6. The third-order valence-electron chi connectivity index (χ3n) is 2.70. The minimum Gasteiger partial charge on any atom is -0.354 e. The van der Waals surface area contributed by atoms with Crippen LogP contribution in [0.3, 0.4) is 0 Å². The van der Waals surface area contributed by atoms with Crippen LogP contribution in [0.2, 0.25) is 0 Å². The summed E-state index contributed by atoms with van der Waals surface area (Å²) in [7, 11) is 0. The molecule has 6 nitrogen and oxygen atoms in total. The van der Waals surface area contributed by atoms with E-state index in [-0.39, 0.29) is 11.5 Å². The summed E-state index contributed by atoms with van der Waals surface area (Å²) in [6.07, 6.45) is 0. The monoisotopic (exact) mass is 292 g/mol. The van der Waals surface area contributed by atoms with E-state index in [9.17, 15) is 9.59 Å². The number of nitrogens with zero attached hydrogens (tertiary/aromatic N) is 3. The lowest BCUT2D eigenvalue weighted by atomic mass is 10.3. The topological polar surface area (TPSA) is 76.9 Å². The molecule has 20 heavy (non-hydrogen) atoms. The molecule has 0 aliphatic heterocycles. The van der Waals surface area contributed by atoms with Gasteiger partial charge in [0.2, 0.25) is 5.91 Å². The molecular formula is C13H16N4O2S. The lowest BCUT2D eigenvalue weighted by Gasteiger charge is -2.06. The van der Waals surface area contributed by atoms with Crippen molar-refractivity contribution in [1.82, 2.24) is 20.1 Å². The number of carbonyl (C=O) groups excluding carboxylic acids is 1. The maximum absolute atomic E-state index is 11.7. The van der Waals surface area contributed by atoms with Gasteiger partial charge in [0, 0.05) is 19.5 Å². The Hall–Kier alpha value is -2.02. The summed E-state index contributed by atoms with van der Waals surface area (Å²) in [5.41, 5.74) is 1.46. The molecule has 0 fully saturated rings. The molecule has 0 saturated heterocycles. The SMILES string of the molecule is CC(=O)NCCn1nc(-c2sc(C)nc2C)ccc1=O. The Morgan fingerprint density at radius 3 is 2.75 bits per heavy atom. The van der Waals surface area contributed by atoms with Crippen molar-refractivity contribution in [1.29, 1.82) is 0 Å². The number of aryl methyl sites for hydroxylation is 2. The van der Waals surface area contributed by atoms with Crippen molar-refractivity contribution < 1.29 is 4.79 Å². The minimum absolute atomic E-state index is 0.122. The van der Waals surface area contributed by atoms with Crippen LogP contribution in [0.15, 0.2) is 16.9 Å². The molecule has 2 rings (SSSR count). The average molecular weight is 292 g/mol. The van der Waals surface area contributed by atoms with Crippen LogP contribution in [0.4, 0.5) is 0 Å². The summed E-state index contributed by atoms with van der Waals surface area (Å²) in [6.45, 7) is 6.03. The van der Waals surface area contributed by atoms with E-state index >= 15 is 0 Å². The Morgan fingerprint density at radius 1 is 1.40 bits per heavy atom. The second kappa shape index (κ2) is 5.96. The molecule has 0 unspecified atom stereocenters. The van der Waals surface area contributed by atoms with Crippen molar-refractivity contribution in [2.24, 2.45) is 0 Å². The first-order chi connectivity index (χ1) is 9.47. The molecule has 2 aromatic rings. The summed E-state index contributed by atoms with van der Waals surface area (Å²) >= 11 is 1.55. The van der Waals surface area contributed by atoms with E-state index in [0.29, 0.717) is 13.1 Å². The lowest BCUT2D eigenvalue weighted by Crippen LogP contribution is -2.30. The number of hydrogen-bond acceptors (Lipinski definition) is 5.